The smallest absolute Gasteiger partial charge is 0.407 e. The van der Waals surface area contributed by atoms with Gasteiger partial charge in [0.1, 0.15) is 6.61 Å². The number of halogens is 1. The van der Waals surface area contributed by atoms with Gasteiger partial charge in [0.25, 0.3) is 0 Å². The van der Waals surface area contributed by atoms with Gasteiger partial charge >= 0.3 is 6.09 Å². The number of amides is 2. The Hall–Kier alpha value is -2.64. The standard InChI is InChI=1S/C23H29N3O3.ClH.H2O/c1-2-21(26-23(28)29-16-17-6-4-3-5-7-17)18-8-10-19(11-9-18)22(27)25-20-12-14-24-15-13-20;;/h3-7,12-15,18-19,21H,2,8-11,16H2,1H3,(H,26,28)(H,24,25,27);1H;1H2. The molecule has 0 bridgehead atoms. The molecular formula is C23H32ClN3O4. The van der Waals surface area contributed by atoms with Crippen LogP contribution in [0.5, 0.6) is 0 Å². The number of hydrogen-bond donors (Lipinski definition) is 2. The van der Waals surface area contributed by atoms with Crippen LogP contribution in [0.2, 0.25) is 0 Å². The lowest BCUT2D eigenvalue weighted by Crippen LogP contribution is -2.42. The van der Waals surface area contributed by atoms with Gasteiger partial charge in [0.05, 0.1) is 0 Å². The number of aromatic nitrogens is 1. The third-order valence-corrected chi connectivity index (χ3v) is 5.62. The molecule has 1 heterocycles. The summed E-state index contributed by atoms with van der Waals surface area (Å²) in [5.41, 5.74) is 1.75. The summed E-state index contributed by atoms with van der Waals surface area (Å²) < 4.78 is 5.36. The molecule has 1 aliphatic carbocycles. The van der Waals surface area contributed by atoms with Gasteiger partial charge in [-0.25, -0.2) is 4.79 Å². The Morgan fingerprint density at radius 1 is 1.06 bits per heavy atom. The SMILES string of the molecule is CCC(NC(=O)OCc1ccccc1)C1CCC(C(=O)Nc2ccncc2)CC1.Cl.O. The highest BCUT2D eigenvalue weighted by Gasteiger charge is 2.31. The van der Waals surface area contributed by atoms with Crippen LogP contribution in [0, 0.1) is 11.8 Å². The highest BCUT2D eigenvalue weighted by Crippen LogP contribution is 2.32. The lowest BCUT2D eigenvalue weighted by molar-refractivity contribution is -0.121. The second kappa shape index (κ2) is 13.6. The van der Waals surface area contributed by atoms with Crippen molar-refractivity contribution in [3.63, 3.8) is 0 Å². The van der Waals surface area contributed by atoms with Crippen molar-refractivity contribution in [1.29, 1.82) is 0 Å². The maximum absolute atomic E-state index is 12.5. The minimum atomic E-state index is -0.377. The number of nitrogens with zero attached hydrogens (tertiary/aromatic N) is 1. The molecule has 2 amide bonds. The van der Waals surface area contributed by atoms with Gasteiger partial charge in [-0.2, -0.15) is 0 Å². The van der Waals surface area contributed by atoms with E-state index in [2.05, 4.69) is 22.5 Å². The van der Waals surface area contributed by atoms with E-state index >= 15 is 0 Å². The van der Waals surface area contributed by atoms with E-state index < -0.39 is 0 Å². The fourth-order valence-corrected chi connectivity index (χ4v) is 3.93. The monoisotopic (exact) mass is 449 g/mol. The molecule has 1 aliphatic rings. The average molecular weight is 450 g/mol. The number of pyridine rings is 1. The molecule has 1 unspecified atom stereocenters. The Bertz CT molecular complexity index is 784. The van der Waals surface area contributed by atoms with E-state index in [0.29, 0.717) is 5.92 Å². The molecule has 3 rings (SSSR count). The Kier molecular flexibility index (Phi) is 11.6. The second-order valence-electron chi connectivity index (χ2n) is 7.56. The third-order valence-electron chi connectivity index (χ3n) is 5.62. The molecule has 0 radical (unpaired) electrons. The lowest BCUT2D eigenvalue weighted by atomic mass is 9.77. The van der Waals surface area contributed by atoms with Crippen LogP contribution in [0.15, 0.2) is 54.9 Å². The number of hydrogen-bond acceptors (Lipinski definition) is 4. The van der Waals surface area contributed by atoms with Crippen LogP contribution in [-0.4, -0.2) is 28.5 Å². The summed E-state index contributed by atoms with van der Waals surface area (Å²) in [7, 11) is 0. The van der Waals surface area contributed by atoms with Crippen LogP contribution in [0.3, 0.4) is 0 Å². The minimum Gasteiger partial charge on any atom is -0.445 e. The quantitative estimate of drug-likeness (QED) is 0.661. The minimum absolute atomic E-state index is 0. The Morgan fingerprint density at radius 3 is 2.32 bits per heavy atom. The molecule has 170 valence electrons. The average Bonchev–Trinajstić information content (AvgIpc) is 2.77. The van der Waals surface area contributed by atoms with Gasteiger partial charge < -0.3 is 20.8 Å². The molecule has 1 aromatic heterocycles. The van der Waals surface area contributed by atoms with Crippen molar-refractivity contribution in [3.05, 3.63) is 60.4 Å². The van der Waals surface area contributed by atoms with Crippen LogP contribution in [0.25, 0.3) is 0 Å². The first-order chi connectivity index (χ1) is 14.2. The van der Waals surface area contributed by atoms with Crippen molar-refractivity contribution in [2.75, 3.05) is 5.32 Å². The first-order valence-corrected chi connectivity index (χ1v) is 10.3. The fraction of sp³-hybridized carbons (Fsp3) is 0.435. The molecule has 1 atom stereocenters. The number of ether oxygens (including phenoxy) is 1. The zero-order chi connectivity index (χ0) is 20.5. The molecule has 0 aliphatic heterocycles. The van der Waals surface area contributed by atoms with E-state index in [4.69, 9.17) is 4.74 Å². The first kappa shape index (κ1) is 26.4. The third kappa shape index (κ3) is 8.19. The molecule has 7 nitrogen and oxygen atoms in total. The van der Waals surface area contributed by atoms with Crippen LogP contribution in [-0.2, 0) is 16.1 Å². The number of alkyl carbamates (subject to hydrolysis) is 1. The van der Waals surface area contributed by atoms with E-state index in [1.54, 1.807) is 24.5 Å². The zero-order valence-corrected chi connectivity index (χ0v) is 18.6. The molecule has 4 N–H and O–H groups in total. The molecule has 1 fully saturated rings. The van der Waals surface area contributed by atoms with E-state index in [1.165, 1.54) is 0 Å². The van der Waals surface area contributed by atoms with Gasteiger partial charge in [-0.3, -0.25) is 9.78 Å². The predicted octanol–water partition coefficient (Wildman–Crippen LogP) is 4.13. The van der Waals surface area contributed by atoms with Crippen molar-refractivity contribution in [3.8, 4) is 0 Å². The lowest BCUT2D eigenvalue weighted by Gasteiger charge is -2.33. The molecule has 0 spiro atoms. The Morgan fingerprint density at radius 2 is 1.71 bits per heavy atom. The summed E-state index contributed by atoms with van der Waals surface area (Å²) in [6.45, 7) is 2.34. The van der Waals surface area contributed by atoms with E-state index in [-0.39, 0.29) is 48.5 Å². The number of rotatable bonds is 7. The predicted molar refractivity (Wildman–Crippen MR) is 123 cm³/mol. The van der Waals surface area contributed by atoms with Gasteiger partial charge in [-0.15, -0.1) is 12.4 Å². The van der Waals surface area contributed by atoms with Crippen molar-refractivity contribution < 1.29 is 19.8 Å². The van der Waals surface area contributed by atoms with Crippen molar-refractivity contribution in [2.24, 2.45) is 11.8 Å². The maximum atomic E-state index is 12.5. The van der Waals surface area contributed by atoms with Crippen LogP contribution in [0.1, 0.15) is 44.6 Å². The molecule has 0 saturated heterocycles. The summed E-state index contributed by atoms with van der Waals surface area (Å²) >= 11 is 0. The van der Waals surface area contributed by atoms with Gasteiger partial charge in [-0.05, 0) is 55.7 Å². The van der Waals surface area contributed by atoms with E-state index in [0.717, 1.165) is 43.4 Å². The number of nitrogens with one attached hydrogen (secondary N) is 2. The largest absolute Gasteiger partial charge is 0.445 e. The maximum Gasteiger partial charge on any atom is 0.407 e. The highest BCUT2D eigenvalue weighted by molar-refractivity contribution is 5.92. The molecule has 8 heteroatoms. The van der Waals surface area contributed by atoms with Crippen LogP contribution >= 0.6 is 12.4 Å². The second-order valence-corrected chi connectivity index (χ2v) is 7.56. The van der Waals surface area contributed by atoms with Crippen molar-refractivity contribution >= 4 is 30.1 Å². The van der Waals surface area contributed by atoms with Crippen LogP contribution < -0.4 is 10.6 Å². The fourth-order valence-electron chi connectivity index (χ4n) is 3.93. The number of carbonyl (C=O) groups is 2. The summed E-state index contributed by atoms with van der Waals surface area (Å²) in [5.74, 6) is 0.453. The highest BCUT2D eigenvalue weighted by atomic mass is 35.5. The Labute approximate surface area is 189 Å². The zero-order valence-electron chi connectivity index (χ0n) is 17.8. The summed E-state index contributed by atoms with van der Waals surface area (Å²) in [6.07, 6.45) is 7.31. The van der Waals surface area contributed by atoms with E-state index in [1.807, 2.05) is 30.3 Å². The molecule has 2 aromatic rings. The number of benzene rings is 1. The van der Waals surface area contributed by atoms with E-state index in [9.17, 15) is 9.59 Å². The van der Waals surface area contributed by atoms with Crippen molar-refractivity contribution in [2.45, 2.75) is 51.7 Å². The molecule has 1 aromatic carbocycles. The van der Waals surface area contributed by atoms with Gasteiger partial charge in [0.2, 0.25) is 5.91 Å². The molecule has 31 heavy (non-hydrogen) atoms. The first-order valence-electron chi connectivity index (χ1n) is 10.3. The van der Waals surface area contributed by atoms with Crippen LogP contribution in [0.4, 0.5) is 10.5 Å². The summed E-state index contributed by atoms with van der Waals surface area (Å²) in [4.78, 5) is 28.7. The summed E-state index contributed by atoms with van der Waals surface area (Å²) in [6, 6.07) is 13.3. The summed E-state index contributed by atoms with van der Waals surface area (Å²) in [5, 5.41) is 5.99. The molecular weight excluding hydrogens is 418 g/mol. The Balaban J connectivity index is 0.00000240. The van der Waals surface area contributed by atoms with Gasteiger partial charge in [-0.1, -0.05) is 37.3 Å². The topological polar surface area (TPSA) is 112 Å². The normalized spacial score (nSPS) is 18.5. The van der Waals surface area contributed by atoms with Crippen molar-refractivity contribution in [1.82, 2.24) is 10.3 Å². The molecule has 1 saturated carbocycles. The number of anilines is 1. The van der Waals surface area contributed by atoms with Gasteiger partial charge in [0.15, 0.2) is 0 Å². The van der Waals surface area contributed by atoms with Gasteiger partial charge in [0, 0.05) is 30.0 Å². The number of carbonyl (C=O) groups excluding carboxylic acids is 2.